The summed E-state index contributed by atoms with van der Waals surface area (Å²) in [6.07, 6.45) is 7.30. The number of carbonyl (C=O) groups is 1. The predicted octanol–water partition coefficient (Wildman–Crippen LogP) is 4.15. The van der Waals surface area contributed by atoms with E-state index in [1.54, 1.807) is 6.20 Å². The number of piperidine rings is 1. The molecule has 3 aromatic rings. The zero-order chi connectivity index (χ0) is 29.9. The van der Waals surface area contributed by atoms with Crippen molar-refractivity contribution in [2.75, 3.05) is 61.1 Å². The molecule has 0 aliphatic carbocycles. The minimum Gasteiger partial charge on any atom is -0.464 e. The Kier molecular flexibility index (Phi) is 8.29. The third-order valence-corrected chi connectivity index (χ3v) is 8.26. The molecule has 2 saturated heterocycles. The molecule has 1 atom stereocenters. The number of nitrogens with zero attached hydrogens (tertiary/aromatic N) is 7. The van der Waals surface area contributed by atoms with Crippen LogP contribution in [0, 0.1) is 17.2 Å². The second-order valence-electron chi connectivity index (χ2n) is 11.4. The number of hydrogen-bond acceptors (Lipinski definition) is 10. The second-order valence-corrected chi connectivity index (χ2v) is 11.4. The maximum atomic E-state index is 13.1. The average molecular weight is 583 g/mol. The third kappa shape index (κ3) is 5.79. The summed E-state index contributed by atoms with van der Waals surface area (Å²) in [5, 5.41) is 17.8. The fraction of sp³-hybridized carbons (Fsp3) is 0.469. The second kappa shape index (κ2) is 12.4. The summed E-state index contributed by atoms with van der Waals surface area (Å²) >= 11 is 0. The van der Waals surface area contributed by atoms with Crippen LogP contribution in [-0.4, -0.2) is 77.8 Å². The van der Waals surface area contributed by atoms with Gasteiger partial charge < -0.3 is 24.6 Å². The van der Waals surface area contributed by atoms with Crippen molar-refractivity contribution >= 4 is 29.0 Å². The number of fused-ring (bicyclic) bond motifs is 1. The fourth-order valence-electron chi connectivity index (χ4n) is 5.94. The molecule has 11 heteroatoms. The van der Waals surface area contributed by atoms with E-state index in [4.69, 9.17) is 19.6 Å². The predicted molar refractivity (Wildman–Crippen MR) is 164 cm³/mol. The number of nitriles is 1. The first-order valence-corrected chi connectivity index (χ1v) is 15.1. The summed E-state index contributed by atoms with van der Waals surface area (Å²) in [5.41, 5.74) is 4.52. The number of anilines is 3. The Morgan fingerprint density at radius 2 is 1.88 bits per heavy atom. The van der Waals surface area contributed by atoms with E-state index in [1.165, 1.54) is 0 Å². The van der Waals surface area contributed by atoms with Crippen LogP contribution in [0.25, 0.3) is 11.3 Å². The lowest BCUT2D eigenvalue weighted by Gasteiger charge is -2.30. The average Bonchev–Trinajstić information content (AvgIpc) is 3.45. The number of esters is 1. The van der Waals surface area contributed by atoms with Gasteiger partial charge in [-0.2, -0.15) is 10.4 Å². The van der Waals surface area contributed by atoms with Gasteiger partial charge in [-0.15, -0.1) is 0 Å². The molecule has 2 fully saturated rings. The molecule has 0 bridgehead atoms. The molecular weight excluding hydrogens is 544 g/mol. The van der Waals surface area contributed by atoms with Crippen LogP contribution in [0.15, 0.2) is 42.7 Å². The highest BCUT2D eigenvalue weighted by Crippen LogP contribution is 2.41. The Balaban J connectivity index is 1.40. The molecule has 0 spiro atoms. The lowest BCUT2D eigenvalue weighted by molar-refractivity contribution is -0.142. The van der Waals surface area contributed by atoms with Crippen LogP contribution in [0.2, 0.25) is 0 Å². The molecule has 0 saturated carbocycles. The summed E-state index contributed by atoms with van der Waals surface area (Å²) in [5.74, 6) is 2.38. The van der Waals surface area contributed by atoms with Crippen LogP contribution in [-0.2, 0) is 14.3 Å². The van der Waals surface area contributed by atoms with Gasteiger partial charge >= 0.3 is 5.97 Å². The number of ether oxygens (including phenoxy) is 2. The molecule has 11 nitrogen and oxygen atoms in total. The molecule has 3 aliphatic heterocycles. The minimum absolute atomic E-state index is 0.116. The zero-order valence-electron chi connectivity index (χ0n) is 25.0. The SMILES string of the molecule is CCOC(=O)C1C=C(c2ccc(N3CCC(C#N)CC3)nc2)c2c(C(C)C)nn(-c3ccnc(N4CCOCC4)c3)c2N1. The molecule has 3 aliphatic rings. The van der Waals surface area contributed by atoms with E-state index in [2.05, 4.69) is 46.1 Å². The van der Waals surface area contributed by atoms with Crippen LogP contribution in [0.4, 0.5) is 17.5 Å². The zero-order valence-corrected chi connectivity index (χ0v) is 25.0. The summed E-state index contributed by atoms with van der Waals surface area (Å²) in [7, 11) is 0. The van der Waals surface area contributed by atoms with Crippen molar-refractivity contribution in [1.29, 1.82) is 5.26 Å². The highest BCUT2D eigenvalue weighted by molar-refractivity contribution is 5.96. The third-order valence-electron chi connectivity index (χ3n) is 8.26. The van der Waals surface area contributed by atoms with Crippen molar-refractivity contribution in [2.45, 2.75) is 45.6 Å². The van der Waals surface area contributed by atoms with E-state index in [1.807, 2.05) is 42.1 Å². The Labute approximate surface area is 252 Å². The van der Waals surface area contributed by atoms with Gasteiger partial charge in [0.05, 0.1) is 37.3 Å². The quantitative estimate of drug-likeness (QED) is 0.407. The largest absolute Gasteiger partial charge is 0.464 e. The fourth-order valence-corrected chi connectivity index (χ4v) is 5.94. The van der Waals surface area contributed by atoms with Crippen molar-refractivity contribution in [3.8, 4) is 11.8 Å². The molecule has 1 unspecified atom stereocenters. The van der Waals surface area contributed by atoms with Crippen LogP contribution in [0.5, 0.6) is 0 Å². The van der Waals surface area contributed by atoms with Gasteiger partial charge in [0, 0.05) is 61.7 Å². The van der Waals surface area contributed by atoms with E-state index < -0.39 is 6.04 Å². The van der Waals surface area contributed by atoms with Gasteiger partial charge in [-0.1, -0.05) is 13.8 Å². The Hall–Kier alpha value is -4.43. The monoisotopic (exact) mass is 582 g/mol. The molecule has 0 radical (unpaired) electrons. The number of aromatic nitrogens is 4. The van der Waals surface area contributed by atoms with Crippen LogP contribution < -0.4 is 15.1 Å². The molecule has 0 aromatic carbocycles. The molecule has 6 rings (SSSR count). The maximum Gasteiger partial charge on any atom is 0.332 e. The highest BCUT2D eigenvalue weighted by Gasteiger charge is 2.33. The minimum atomic E-state index is -0.692. The maximum absolute atomic E-state index is 13.1. The van der Waals surface area contributed by atoms with Gasteiger partial charge in [0.1, 0.15) is 23.5 Å². The summed E-state index contributed by atoms with van der Waals surface area (Å²) in [6.45, 7) is 10.9. The van der Waals surface area contributed by atoms with Gasteiger partial charge in [-0.25, -0.2) is 19.4 Å². The first-order chi connectivity index (χ1) is 21.0. The van der Waals surface area contributed by atoms with Crippen LogP contribution >= 0.6 is 0 Å². The Morgan fingerprint density at radius 1 is 1.12 bits per heavy atom. The van der Waals surface area contributed by atoms with Crippen molar-refractivity contribution in [3.05, 3.63) is 59.6 Å². The molecule has 0 amide bonds. The van der Waals surface area contributed by atoms with E-state index in [9.17, 15) is 10.1 Å². The molecular formula is C32H38N8O3. The smallest absolute Gasteiger partial charge is 0.332 e. The number of rotatable bonds is 7. The molecule has 224 valence electrons. The number of pyridine rings is 2. The van der Waals surface area contributed by atoms with Crippen molar-refractivity contribution in [2.24, 2.45) is 5.92 Å². The standard InChI is InChI=1S/C32H38N8O3/c1-4-43-32(41)26-18-25(23-5-6-27(35-20-23)38-11-8-22(19-33)9-12-38)29-30(21(2)3)37-40(31(29)36-26)24-7-10-34-28(17-24)39-13-15-42-16-14-39/h5-7,10,17-18,20-22,26,36H,4,8-9,11-16H2,1-3H3. The number of hydrogen-bond donors (Lipinski definition) is 1. The summed E-state index contributed by atoms with van der Waals surface area (Å²) in [6, 6.07) is 9.76. The van der Waals surface area contributed by atoms with Crippen LogP contribution in [0.1, 0.15) is 56.4 Å². The van der Waals surface area contributed by atoms with Crippen molar-refractivity contribution in [3.63, 3.8) is 0 Å². The summed E-state index contributed by atoms with van der Waals surface area (Å²) in [4.78, 5) is 27.0. The van der Waals surface area contributed by atoms with Crippen molar-refractivity contribution < 1.29 is 14.3 Å². The lowest BCUT2D eigenvalue weighted by Crippen LogP contribution is -2.36. The number of nitrogens with one attached hydrogen (secondary N) is 1. The first-order valence-electron chi connectivity index (χ1n) is 15.1. The highest BCUT2D eigenvalue weighted by atomic mass is 16.5. The van der Waals surface area contributed by atoms with Crippen molar-refractivity contribution in [1.82, 2.24) is 19.7 Å². The van der Waals surface area contributed by atoms with E-state index >= 15 is 0 Å². The topological polar surface area (TPSA) is 121 Å². The number of carbonyl (C=O) groups excluding carboxylic acids is 1. The summed E-state index contributed by atoms with van der Waals surface area (Å²) < 4.78 is 12.9. The molecule has 43 heavy (non-hydrogen) atoms. The number of morpholine rings is 1. The van der Waals surface area contributed by atoms with Gasteiger partial charge in [0.15, 0.2) is 0 Å². The van der Waals surface area contributed by atoms with Crippen LogP contribution in [0.3, 0.4) is 0 Å². The Morgan fingerprint density at radius 3 is 2.56 bits per heavy atom. The normalized spacial score (nSPS) is 19.0. The van der Waals surface area contributed by atoms with Gasteiger partial charge in [-0.05, 0) is 55.5 Å². The molecule has 1 N–H and O–H groups in total. The lowest BCUT2D eigenvalue weighted by atomic mass is 9.90. The van der Waals surface area contributed by atoms with Gasteiger partial charge in [0.2, 0.25) is 0 Å². The molecule has 3 aromatic heterocycles. The molecule has 6 heterocycles. The first kappa shape index (κ1) is 28.7. The van der Waals surface area contributed by atoms with E-state index in [-0.39, 0.29) is 24.4 Å². The Bertz CT molecular complexity index is 1530. The van der Waals surface area contributed by atoms with Gasteiger partial charge in [-0.3, -0.25) is 0 Å². The van der Waals surface area contributed by atoms with E-state index in [0.717, 1.165) is 84.6 Å². The van der Waals surface area contributed by atoms with E-state index in [0.29, 0.717) is 13.2 Å². The van der Waals surface area contributed by atoms with Gasteiger partial charge in [0.25, 0.3) is 0 Å².